The molecular formula is C19H22N4O2. The largest absolute Gasteiger partial charge is 0.483 e. The standard InChI is InChI=1S/C19H22N4O2/c1-13-3-4-17-15(5-13)6-14(7-20-17)9-23-11-18(24)19(12-23)25-16-8-21-22(2)10-16/h3-8,10,18-19,24H,9,11-12H2,1-2H3/t18-,19-/m1/s1. The number of aliphatic hydroxyl groups excluding tert-OH is 1. The van der Waals surface area contributed by atoms with Crippen LogP contribution < -0.4 is 4.74 Å². The molecule has 3 aromatic rings. The molecule has 0 bridgehead atoms. The Morgan fingerprint density at radius 2 is 2.12 bits per heavy atom. The van der Waals surface area contributed by atoms with Crippen LogP contribution in [0.25, 0.3) is 10.9 Å². The predicted molar refractivity (Wildman–Crippen MR) is 95.4 cm³/mol. The lowest BCUT2D eigenvalue weighted by atomic mass is 10.1. The minimum absolute atomic E-state index is 0.236. The van der Waals surface area contributed by atoms with Crippen LogP contribution in [0, 0.1) is 6.92 Å². The molecule has 6 heteroatoms. The van der Waals surface area contributed by atoms with Crippen molar-refractivity contribution in [3.8, 4) is 5.75 Å². The lowest BCUT2D eigenvalue weighted by Gasteiger charge is -2.16. The van der Waals surface area contributed by atoms with Gasteiger partial charge in [0.15, 0.2) is 5.75 Å². The third-order valence-electron chi connectivity index (χ3n) is 4.58. The van der Waals surface area contributed by atoms with E-state index >= 15 is 0 Å². The number of aryl methyl sites for hydroxylation is 2. The third-order valence-corrected chi connectivity index (χ3v) is 4.58. The zero-order valence-electron chi connectivity index (χ0n) is 14.5. The van der Waals surface area contributed by atoms with Crippen molar-refractivity contribution in [1.82, 2.24) is 19.7 Å². The van der Waals surface area contributed by atoms with Gasteiger partial charge in [-0.3, -0.25) is 14.6 Å². The number of aliphatic hydroxyl groups is 1. The van der Waals surface area contributed by atoms with Gasteiger partial charge in [-0.1, -0.05) is 11.6 Å². The third kappa shape index (κ3) is 3.50. The second kappa shape index (κ2) is 6.46. The van der Waals surface area contributed by atoms with Gasteiger partial charge in [0.05, 0.1) is 17.9 Å². The van der Waals surface area contributed by atoms with Gasteiger partial charge in [-0.2, -0.15) is 5.10 Å². The summed E-state index contributed by atoms with van der Waals surface area (Å²) >= 11 is 0. The first kappa shape index (κ1) is 16.1. The van der Waals surface area contributed by atoms with Gasteiger partial charge in [0.25, 0.3) is 0 Å². The van der Waals surface area contributed by atoms with E-state index in [0.29, 0.717) is 18.8 Å². The van der Waals surface area contributed by atoms with Crippen molar-refractivity contribution < 1.29 is 9.84 Å². The number of likely N-dealkylation sites (tertiary alicyclic amines) is 1. The van der Waals surface area contributed by atoms with Crippen molar-refractivity contribution in [2.75, 3.05) is 13.1 Å². The molecule has 25 heavy (non-hydrogen) atoms. The highest BCUT2D eigenvalue weighted by Gasteiger charge is 2.33. The van der Waals surface area contributed by atoms with Crippen LogP contribution in [0.15, 0.2) is 42.9 Å². The number of benzene rings is 1. The summed E-state index contributed by atoms with van der Waals surface area (Å²) in [5, 5.41) is 15.6. The Labute approximate surface area is 146 Å². The van der Waals surface area contributed by atoms with E-state index < -0.39 is 6.10 Å². The van der Waals surface area contributed by atoms with Crippen LogP contribution in [-0.4, -0.2) is 50.1 Å². The Balaban J connectivity index is 1.44. The molecule has 0 aliphatic carbocycles. The highest BCUT2D eigenvalue weighted by molar-refractivity contribution is 5.79. The Bertz CT molecular complexity index is 892. The van der Waals surface area contributed by atoms with E-state index in [1.807, 2.05) is 25.5 Å². The number of hydrogen-bond donors (Lipinski definition) is 1. The van der Waals surface area contributed by atoms with E-state index in [9.17, 15) is 5.11 Å². The maximum Gasteiger partial charge on any atom is 0.157 e. The van der Waals surface area contributed by atoms with Crippen LogP contribution in [0.2, 0.25) is 0 Å². The Morgan fingerprint density at radius 3 is 2.92 bits per heavy atom. The number of aromatic nitrogens is 3. The van der Waals surface area contributed by atoms with Crippen LogP contribution in [-0.2, 0) is 13.6 Å². The summed E-state index contributed by atoms with van der Waals surface area (Å²) in [7, 11) is 1.85. The molecule has 4 rings (SSSR count). The highest BCUT2D eigenvalue weighted by atomic mass is 16.5. The average molecular weight is 338 g/mol. The molecule has 1 aliphatic heterocycles. The van der Waals surface area contributed by atoms with Crippen LogP contribution in [0.5, 0.6) is 5.75 Å². The molecule has 0 amide bonds. The number of nitrogens with zero attached hydrogens (tertiary/aromatic N) is 4. The molecule has 1 fully saturated rings. The highest BCUT2D eigenvalue weighted by Crippen LogP contribution is 2.21. The molecule has 0 radical (unpaired) electrons. The Morgan fingerprint density at radius 1 is 1.24 bits per heavy atom. The fraction of sp³-hybridized carbons (Fsp3) is 0.368. The number of hydrogen-bond acceptors (Lipinski definition) is 5. The molecule has 1 aromatic carbocycles. The summed E-state index contributed by atoms with van der Waals surface area (Å²) < 4.78 is 7.56. The molecule has 6 nitrogen and oxygen atoms in total. The molecule has 3 heterocycles. The topological polar surface area (TPSA) is 63.4 Å². The van der Waals surface area contributed by atoms with Crippen molar-refractivity contribution in [1.29, 1.82) is 0 Å². The fourth-order valence-corrected chi connectivity index (χ4v) is 3.35. The van der Waals surface area contributed by atoms with Gasteiger partial charge in [0.1, 0.15) is 12.2 Å². The SMILES string of the molecule is Cc1ccc2ncc(CN3C[C@@H](O)[C@H](Oc4cnn(C)c4)C3)cc2c1. The Kier molecular flexibility index (Phi) is 4.15. The fourth-order valence-electron chi connectivity index (χ4n) is 3.35. The number of fused-ring (bicyclic) bond motifs is 1. The van der Waals surface area contributed by atoms with Crippen LogP contribution >= 0.6 is 0 Å². The van der Waals surface area contributed by atoms with Crippen molar-refractivity contribution in [2.45, 2.75) is 25.7 Å². The first-order chi connectivity index (χ1) is 12.1. The van der Waals surface area contributed by atoms with E-state index in [2.05, 4.69) is 40.1 Å². The summed E-state index contributed by atoms with van der Waals surface area (Å²) in [6, 6.07) is 8.45. The summed E-state index contributed by atoms with van der Waals surface area (Å²) in [4.78, 5) is 6.74. The van der Waals surface area contributed by atoms with E-state index in [4.69, 9.17) is 4.74 Å². The maximum atomic E-state index is 10.3. The van der Waals surface area contributed by atoms with Crippen molar-refractivity contribution in [3.05, 3.63) is 54.0 Å². The number of β-amino-alcohol motifs (C(OH)–C–C–N with tert-alkyl or cyclic N) is 1. The van der Waals surface area contributed by atoms with Gasteiger partial charge in [-0.25, -0.2) is 0 Å². The smallest absolute Gasteiger partial charge is 0.157 e. The molecule has 1 saturated heterocycles. The molecule has 2 aromatic heterocycles. The minimum Gasteiger partial charge on any atom is -0.483 e. The summed E-state index contributed by atoms with van der Waals surface area (Å²) in [6.07, 6.45) is 4.66. The number of rotatable bonds is 4. The van der Waals surface area contributed by atoms with E-state index in [0.717, 1.165) is 23.0 Å². The second-order valence-electron chi connectivity index (χ2n) is 6.81. The first-order valence-corrected chi connectivity index (χ1v) is 8.48. The van der Waals surface area contributed by atoms with Gasteiger partial charge in [-0.05, 0) is 30.7 Å². The van der Waals surface area contributed by atoms with Crippen molar-refractivity contribution in [2.24, 2.45) is 7.05 Å². The molecule has 2 atom stereocenters. The van der Waals surface area contributed by atoms with E-state index in [1.165, 1.54) is 5.56 Å². The van der Waals surface area contributed by atoms with Crippen molar-refractivity contribution >= 4 is 10.9 Å². The van der Waals surface area contributed by atoms with Gasteiger partial charge >= 0.3 is 0 Å². The summed E-state index contributed by atoms with van der Waals surface area (Å²) in [6.45, 7) is 4.11. The van der Waals surface area contributed by atoms with Gasteiger partial charge < -0.3 is 9.84 Å². The van der Waals surface area contributed by atoms with E-state index in [-0.39, 0.29) is 6.10 Å². The number of ether oxygens (including phenoxy) is 1. The summed E-state index contributed by atoms with van der Waals surface area (Å²) in [5.41, 5.74) is 3.38. The van der Waals surface area contributed by atoms with Gasteiger partial charge in [0, 0.05) is 38.3 Å². The molecule has 0 unspecified atom stereocenters. The minimum atomic E-state index is -0.504. The van der Waals surface area contributed by atoms with Crippen molar-refractivity contribution in [3.63, 3.8) is 0 Å². The second-order valence-corrected chi connectivity index (χ2v) is 6.81. The maximum absolute atomic E-state index is 10.3. The van der Waals surface area contributed by atoms with Crippen LogP contribution in [0.3, 0.4) is 0 Å². The lowest BCUT2D eigenvalue weighted by Crippen LogP contribution is -2.29. The van der Waals surface area contributed by atoms with Gasteiger partial charge in [0.2, 0.25) is 0 Å². The molecule has 0 saturated carbocycles. The molecular weight excluding hydrogens is 316 g/mol. The monoisotopic (exact) mass is 338 g/mol. The van der Waals surface area contributed by atoms with E-state index in [1.54, 1.807) is 10.9 Å². The normalized spacial score (nSPS) is 21.1. The van der Waals surface area contributed by atoms with Gasteiger partial charge in [-0.15, -0.1) is 0 Å². The molecule has 0 spiro atoms. The zero-order chi connectivity index (χ0) is 17.4. The molecule has 1 aliphatic rings. The first-order valence-electron chi connectivity index (χ1n) is 8.48. The Hall–Kier alpha value is -2.44. The van der Waals surface area contributed by atoms with Crippen LogP contribution in [0.4, 0.5) is 0 Å². The quantitative estimate of drug-likeness (QED) is 0.787. The number of pyridine rings is 1. The predicted octanol–water partition coefficient (Wildman–Crippen LogP) is 1.90. The zero-order valence-corrected chi connectivity index (χ0v) is 14.5. The molecule has 130 valence electrons. The lowest BCUT2D eigenvalue weighted by molar-refractivity contribution is 0.0736. The summed E-state index contributed by atoms with van der Waals surface area (Å²) in [5.74, 6) is 0.691. The van der Waals surface area contributed by atoms with Crippen LogP contribution in [0.1, 0.15) is 11.1 Å². The average Bonchev–Trinajstić information content (AvgIpc) is 3.13. The molecule has 1 N–H and O–H groups in total.